The minimum absolute atomic E-state index is 0.247. The highest BCUT2D eigenvalue weighted by molar-refractivity contribution is 6.35. The largest absolute Gasteiger partial charge is 0.496 e. The van der Waals surface area contributed by atoms with Gasteiger partial charge in [-0.2, -0.15) is 10.2 Å². The number of hydrogen-bond acceptors (Lipinski definition) is 4. The third-order valence-electron chi connectivity index (χ3n) is 3.73. The Bertz CT molecular complexity index is 985. The van der Waals surface area contributed by atoms with E-state index in [0.717, 1.165) is 11.1 Å². The van der Waals surface area contributed by atoms with Crippen LogP contribution in [-0.2, 0) is 6.54 Å². The van der Waals surface area contributed by atoms with E-state index in [-0.39, 0.29) is 5.69 Å². The minimum atomic E-state index is -0.415. The Morgan fingerprint density at radius 1 is 1.26 bits per heavy atom. The Labute approximate surface area is 166 Å². The Balaban J connectivity index is 1.64. The van der Waals surface area contributed by atoms with Crippen molar-refractivity contribution in [3.63, 3.8) is 0 Å². The molecule has 0 saturated carbocycles. The van der Waals surface area contributed by atoms with Gasteiger partial charge in [-0.05, 0) is 35.9 Å². The van der Waals surface area contributed by atoms with Crippen molar-refractivity contribution in [3.8, 4) is 5.75 Å². The van der Waals surface area contributed by atoms with Gasteiger partial charge in [-0.1, -0.05) is 41.4 Å². The van der Waals surface area contributed by atoms with Crippen molar-refractivity contribution in [3.05, 3.63) is 81.6 Å². The number of halogens is 2. The molecule has 0 atom stereocenters. The second-order valence-corrected chi connectivity index (χ2v) is 6.42. The van der Waals surface area contributed by atoms with Crippen LogP contribution in [-0.4, -0.2) is 29.0 Å². The minimum Gasteiger partial charge on any atom is -0.496 e. The number of nitrogens with one attached hydrogen (secondary N) is 1. The summed E-state index contributed by atoms with van der Waals surface area (Å²) in [4.78, 5) is 12.2. The predicted molar refractivity (Wildman–Crippen MR) is 106 cm³/mol. The standard InChI is InChI=1S/C19H16Cl2N4O2/c1-27-18-5-3-2-4-13(18)11-22-23-19(26)17-8-9-25(24-17)12-14-6-7-15(20)10-16(14)21/h2-11H,12H2,1H3,(H,23,26)/b22-11-. The van der Waals surface area contributed by atoms with Crippen LogP contribution in [0, 0.1) is 0 Å². The summed E-state index contributed by atoms with van der Waals surface area (Å²) in [7, 11) is 1.57. The quantitative estimate of drug-likeness (QED) is 0.500. The SMILES string of the molecule is COc1ccccc1/C=N\NC(=O)c1ccn(Cc2ccc(Cl)cc2Cl)n1. The van der Waals surface area contributed by atoms with E-state index in [1.165, 1.54) is 6.21 Å². The lowest BCUT2D eigenvalue weighted by molar-refractivity contribution is 0.0949. The first kappa shape index (κ1) is 18.9. The number of benzene rings is 2. The maximum atomic E-state index is 12.2. The van der Waals surface area contributed by atoms with Crippen LogP contribution < -0.4 is 10.2 Å². The molecule has 27 heavy (non-hydrogen) atoms. The Morgan fingerprint density at radius 3 is 2.85 bits per heavy atom. The second kappa shape index (κ2) is 8.70. The molecular formula is C19H16Cl2N4O2. The zero-order valence-corrected chi connectivity index (χ0v) is 15.9. The monoisotopic (exact) mass is 402 g/mol. The van der Waals surface area contributed by atoms with Crippen molar-refractivity contribution < 1.29 is 9.53 Å². The molecule has 0 unspecified atom stereocenters. The van der Waals surface area contributed by atoms with Gasteiger partial charge in [0.1, 0.15) is 5.75 Å². The zero-order valence-electron chi connectivity index (χ0n) is 14.4. The number of nitrogens with zero attached hydrogens (tertiary/aromatic N) is 3. The number of hydrazone groups is 1. The van der Waals surface area contributed by atoms with Crippen LogP contribution in [0.5, 0.6) is 5.75 Å². The van der Waals surface area contributed by atoms with E-state index in [9.17, 15) is 4.79 Å². The van der Waals surface area contributed by atoms with E-state index >= 15 is 0 Å². The fourth-order valence-electron chi connectivity index (χ4n) is 2.39. The maximum absolute atomic E-state index is 12.2. The summed E-state index contributed by atoms with van der Waals surface area (Å²) in [5, 5.41) is 9.31. The van der Waals surface area contributed by atoms with Crippen molar-refractivity contribution in [2.45, 2.75) is 6.54 Å². The smallest absolute Gasteiger partial charge is 0.291 e. The number of hydrogen-bond donors (Lipinski definition) is 1. The third-order valence-corrected chi connectivity index (χ3v) is 4.32. The molecule has 1 heterocycles. The fraction of sp³-hybridized carbons (Fsp3) is 0.105. The summed E-state index contributed by atoms with van der Waals surface area (Å²) in [5.74, 6) is 0.252. The number of aromatic nitrogens is 2. The summed E-state index contributed by atoms with van der Waals surface area (Å²) in [6.45, 7) is 0.424. The molecule has 0 bridgehead atoms. The molecule has 0 aliphatic heterocycles. The highest BCUT2D eigenvalue weighted by atomic mass is 35.5. The molecule has 0 aliphatic rings. The first-order chi connectivity index (χ1) is 13.1. The number of amides is 1. The van der Waals surface area contributed by atoms with Gasteiger partial charge in [0.25, 0.3) is 5.91 Å². The molecule has 2 aromatic carbocycles. The molecule has 1 amide bonds. The van der Waals surface area contributed by atoms with Gasteiger partial charge in [-0.3, -0.25) is 9.48 Å². The van der Waals surface area contributed by atoms with Gasteiger partial charge >= 0.3 is 0 Å². The first-order valence-corrected chi connectivity index (χ1v) is 8.76. The van der Waals surface area contributed by atoms with Crippen molar-refractivity contribution >= 4 is 35.3 Å². The lowest BCUT2D eigenvalue weighted by Crippen LogP contribution is -2.18. The highest BCUT2D eigenvalue weighted by Crippen LogP contribution is 2.21. The van der Waals surface area contributed by atoms with Gasteiger partial charge in [0, 0.05) is 21.8 Å². The van der Waals surface area contributed by atoms with Gasteiger partial charge in [0.2, 0.25) is 0 Å². The average Bonchev–Trinajstić information content (AvgIpc) is 3.13. The summed E-state index contributed by atoms with van der Waals surface area (Å²) >= 11 is 12.1. The third kappa shape index (κ3) is 4.87. The Morgan fingerprint density at radius 2 is 2.07 bits per heavy atom. The van der Waals surface area contributed by atoms with Crippen LogP contribution in [0.1, 0.15) is 21.6 Å². The Hall–Kier alpha value is -2.83. The number of carbonyl (C=O) groups excluding carboxylic acids is 1. The molecule has 138 valence electrons. The van der Waals surface area contributed by atoms with Crippen LogP contribution in [0.2, 0.25) is 10.0 Å². The van der Waals surface area contributed by atoms with E-state index in [4.69, 9.17) is 27.9 Å². The van der Waals surface area contributed by atoms with Gasteiger partial charge < -0.3 is 4.74 Å². The predicted octanol–water partition coefficient (Wildman–Crippen LogP) is 4.01. The van der Waals surface area contributed by atoms with E-state index < -0.39 is 5.91 Å². The molecule has 0 spiro atoms. The molecular weight excluding hydrogens is 387 g/mol. The second-order valence-electron chi connectivity index (χ2n) is 5.58. The number of carbonyl (C=O) groups is 1. The number of rotatable bonds is 6. The summed E-state index contributed by atoms with van der Waals surface area (Å²) in [5.41, 5.74) is 4.30. The van der Waals surface area contributed by atoms with Crippen molar-refractivity contribution in [2.75, 3.05) is 7.11 Å². The molecule has 3 aromatic rings. The molecule has 1 N–H and O–H groups in total. The highest BCUT2D eigenvalue weighted by Gasteiger charge is 2.10. The lowest BCUT2D eigenvalue weighted by atomic mass is 10.2. The molecule has 1 aromatic heterocycles. The normalized spacial score (nSPS) is 10.9. The van der Waals surface area contributed by atoms with Crippen molar-refractivity contribution in [1.82, 2.24) is 15.2 Å². The van der Waals surface area contributed by atoms with E-state index in [1.807, 2.05) is 30.3 Å². The van der Waals surface area contributed by atoms with E-state index in [2.05, 4.69) is 15.6 Å². The fourth-order valence-corrected chi connectivity index (χ4v) is 2.85. The van der Waals surface area contributed by atoms with Crippen molar-refractivity contribution in [1.29, 1.82) is 0 Å². The number of para-hydroxylation sites is 1. The molecule has 0 radical (unpaired) electrons. The lowest BCUT2D eigenvalue weighted by Gasteiger charge is -2.05. The van der Waals surface area contributed by atoms with Gasteiger partial charge in [-0.15, -0.1) is 0 Å². The number of methoxy groups -OCH3 is 1. The molecule has 0 aliphatic carbocycles. The summed E-state index contributed by atoms with van der Waals surface area (Å²) < 4.78 is 6.84. The maximum Gasteiger partial charge on any atom is 0.291 e. The molecule has 0 saturated heterocycles. The molecule has 6 nitrogen and oxygen atoms in total. The van der Waals surface area contributed by atoms with E-state index in [0.29, 0.717) is 22.3 Å². The molecule has 8 heteroatoms. The summed E-state index contributed by atoms with van der Waals surface area (Å²) in [6, 6.07) is 14.2. The first-order valence-electron chi connectivity index (χ1n) is 8.00. The van der Waals surface area contributed by atoms with E-state index in [1.54, 1.807) is 36.2 Å². The van der Waals surface area contributed by atoms with Crippen LogP contribution >= 0.6 is 23.2 Å². The van der Waals surface area contributed by atoms with Crippen LogP contribution in [0.3, 0.4) is 0 Å². The van der Waals surface area contributed by atoms with Crippen LogP contribution in [0.25, 0.3) is 0 Å². The van der Waals surface area contributed by atoms with Gasteiger partial charge in [0.15, 0.2) is 5.69 Å². The topological polar surface area (TPSA) is 68.5 Å². The van der Waals surface area contributed by atoms with Crippen molar-refractivity contribution in [2.24, 2.45) is 5.10 Å². The zero-order chi connectivity index (χ0) is 19.2. The van der Waals surface area contributed by atoms with Gasteiger partial charge in [0.05, 0.1) is 19.9 Å². The molecule has 3 rings (SSSR count). The van der Waals surface area contributed by atoms with Crippen LogP contribution in [0.4, 0.5) is 0 Å². The average molecular weight is 403 g/mol. The Kier molecular flexibility index (Phi) is 6.11. The number of ether oxygens (including phenoxy) is 1. The molecule has 0 fully saturated rings. The van der Waals surface area contributed by atoms with Crippen LogP contribution in [0.15, 0.2) is 59.8 Å². The van der Waals surface area contributed by atoms with Gasteiger partial charge in [-0.25, -0.2) is 5.43 Å². The summed E-state index contributed by atoms with van der Waals surface area (Å²) in [6.07, 6.45) is 3.21.